The molecule has 27 heavy (non-hydrogen) atoms. The van der Waals surface area contributed by atoms with Crippen molar-refractivity contribution >= 4 is 28.8 Å². The molecule has 1 aliphatic rings. The number of anilines is 1. The molecule has 1 N–H and O–H groups in total. The number of hydrogen-bond donors (Lipinski definition) is 1. The Labute approximate surface area is 165 Å². The van der Waals surface area contributed by atoms with Gasteiger partial charge >= 0.3 is 0 Å². The highest BCUT2D eigenvalue weighted by atomic mass is 32.1. The zero-order valence-electron chi connectivity index (χ0n) is 16.4. The van der Waals surface area contributed by atoms with Crippen LogP contribution in [0.3, 0.4) is 0 Å². The molecule has 5 heteroatoms. The summed E-state index contributed by atoms with van der Waals surface area (Å²) in [5, 5.41) is 2.93. The van der Waals surface area contributed by atoms with Gasteiger partial charge in [0.1, 0.15) is 0 Å². The van der Waals surface area contributed by atoms with Gasteiger partial charge < -0.3 is 10.2 Å². The van der Waals surface area contributed by atoms with Crippen molar-refractivity contribution in [2.24, 2.45) is 0 Å². The summed E-state index contributed by atoms with van der Waals surface area (Å²) in [5.74, 6) is -0.0394. The zero-order chi connectivity index (χ0) is 19.4. The van der Waals surface area contributed by atoms with Crippen molar-refractivity contribution in [3.63, 3.8) is 0 Å². The monoisotopic (exact) mass is 384 g/mol. The Morgan fingerprint density at radius 3 is 2.41 bits per heavy atom. The Hall–Kier alpha value is -2.14. The Morgan fingerprint density at radius 2 is 1.81 bits per heavy atom. The number of nitrogens with one attached hydrogen (secondary N) is 1. The van der Waals surface area contributed by atoms with Crippen LogP contribution in [-0.2, 0) is 6.42 Å². The minimum absolute atomic E-state index is 0.0567. The van der Waals surface area contributed by atoms with E-state index in [1.54, 1.807) is 35.6 Å². The number of rotatable bonds is 5. The smallest absolute Gasteiger partial charge is 0.265 e. The van der Waals surface area contributed by atoms with Gasteiger partial charge in [0.2, 0.25) is 0 Å². The summed E-state index contributed by atoms with van der Waals surface area (Å²) in [6.45, 7) is 4.13. The maximum absolute atomic E-state index is 12.7. The largest absolute Gasteiger partial charge is 0.339 e. The number of carbonyl (C=O) groups is 2. The molecule has 1 aromatic carbocycles. The van der Waals surface area contributed by atoms with E-state index in [0.29, 0.717) is 17.3 Å². The average molecular weight is 385 g/mol. The second kappa shape index (κ2) is 8.70. The van der Waals surface area contributed by atoms with Crippen LogP contribution in [0.25, 0.3) is 0 Å². The van der Waals surface area contributed by atoms with Crippen molar-refractivity contribution in [1.82, 2.24) is 4.90 Å². The van der Waals surface area contributed by atoms with E-state index >= 15 is 0 Å². The van der Waals surface area contributed by atoms with Gasteiger partial charge in [-0.15, -0.1) is 11.3 Å². The van der Waals surface area contributed by atoms with Crippen molar-refractivity contribution in [2.45, 2.75) is 58.4 Å². The molecule has 0 aliphatic heterocycles. The molecule has 1 saturated carbocycles. The van der Waals surface area contributed by atoms with E-state index in [4.69, 9.17) is 0 Å². The van der Waals surface area contributed by atoms with E-state index < -0.39 is 0 Å². The van der Waals surface area contributed by atoms with Crippen LogP contribution < -0.4 is 5.32 Å². The fraction of sp³-hybridized carbons (Fsp3) is 0.455. The summed E-state index contributed by atoms with van der Waals surface area (Å²) in [5.41, 5.74) is 2.54. The number of nitrogens with zero attached hydrogens (tertiary/aromatic N) is 1. The van der Waals surface area contributed by atoms with E-state index in [1.807, 2.05) is 24.9 Å². The van der Waals surface area contributed by atoms with E-state index in [0.717, 1.165) is 24.1 Å². The molecule has 0 unspecified atom stereocenters. The van der Waals surface area contributed by atoms with Crippen LogP contribution in [0.4, 0.5) is 5.69 Å². The molecule has 2 aromatic rings. The highest BCUT2D eigenvalue weighted by molar-refractivity contribution is 7.14. The standard InChI is InChI=1S/C22H28N2O2S/c1-4-19-15(2)14-20(27-19)21(25)23-17-12-10-16(11-13-17)22(26)24(3)18-8-6-5-7-9-18/h10-14,18H,4-9H2,1-3H3,(H,23,25). The lowest BCUT2D eigenvalue weighted by Gasteiger charge is -2.31. The van der Waals surface area contributed by atoms with Crippen LogP contribution in [0.1, 0.15) is 69.5 Å². The molecule has 0 saturated heterocycles. The Bertz CT molecular complexity index is 804. The maximum atomic E-state index is 12.7. The molecule has 3 rings (SSSR count). The number of carbonyl (C=O) groups excluding carboxylic acids is 2. The summed E-state index contributed by atoms with van der Waals surface area (Å²) in [6.07, 6.45) is 6.81. The normalized spacial score (nSPS) is 14.8. The molecule has 1 aromatic heterocycles. The lowest BCUT2D eigenvalue weighted by molar-refractivity contribution is 0.0696. The van der Waals surface area contributed by atoms with Gasteiger partial charge in [-0.05, 0) is 62.1 Å². The molecule has 0 bridgehead atoms. The molecular weight excluding hydrogens is 356 g/mol. The predicted octanol–water partition coefficient (Wildman–Crippen LogP) is 5.28. The van der Waals surface area contributed by atoms with E-state index in [-0.39, 0.29) is 11.8 Å². The van der Waals surface area contributed by atoms with Gasteiger partial charge in [0.25, 0.3) is 11.8 Å². The third-order valence-electron chi connectivity index (χ3n) is 5.40. The molecule has 1 aliphatic carbocycles. The van der Waals surface area contributed by atoms with Crippen LogP contribution in [0.5, 0.6) is 0 Å². The molecule has 1 heterocycles. The fourth-order valence-corrected chi connectivity index (χ4v) is 4.72. The summed E-state index contributed by atoms with van der Waals surface area (Å²) in [4.78, 5) is 29.0. The first kappa shape index (κ1) is 19.6. The molecule has 0 radical (unpaired) electrons. The average Bonchev–Trinajstić information content (AvgIpc) is 3.09. The van der Waals surface area contributed by atoms with E-state index in [9.17, 15) is 9.59 Å². The second-order valence-electron chi connectivity index (χ2n) is 7.31. The van der Waals surface area contributed by atoms with E-state index in [1.165, 1.54) is 29.7 Å². The van der Waals surface area contributed by atoms with Crippen LogP contribution in [0.2, 0.25) is 0 Å². The van der Waals surface area contributed by atoms with Crippen LogP contribution in [0.15, 0.2) is 30.3 Å². The third-order valence-corrected chi connectivity index (χ3v) is 6.78. The summed E-state index contributed by atoms with van der Waals surface area (Å²) in [6, 6.07) is 9.50. The van der Waals surface area contributed by atoms with Gasteiger partial charge in [-0.1, -0.05) is 26.2 Å². The topological polar surface area (TPSA) is 49.4 Å². The van der Waals surface area contributed by atoms with Crippen molar-refractivity contribution in [3.05, 3.63) is 51.2 Å². The minimum Gasteiger partial charge on any atom is -0.339 e. The Kier molecular flexibility index (Phi) is 6.32. The highest BCUT2D eigenvalue weighted by Gasteiger charge is 2.23. The van der Waals surface area contributed by atoms with Crippen molar-refractivity contribution < 1.29 is 9.59 Å². The van der Waals surface area contributed by atoms with Gasteiger partial charge in [-0.2, -0.15) is 0 Å². The Morgan fingerprint density at radius 1 is 1.15 bits per heavy atom. The first-order valence-electron chi connectivity index (χ1n) is 9.77. The van der Waals surface area contributed by atoms with E-state index in [2.05, 4.69) is 12.2 Å². The summed E-state index contributed by atoms with van der Waals surface area (Å²) < 4.78 is 0. The third kappa shape index (κ3) is 4.59. The van der Waals surface area contributed by atoms with Gasteiger partial charge in [-0.25, -0.2) is 0 Å². The predicted molar refractivity (Wildman–Crippen MR) is 112 cm³/mol. The highest BCUT2D eigenvalue weighted by Crippen LogP contribution is 2.25. The lowest BCUT2D eigenvalue weighted by atomic mass is 9.94. The van der Waals surface area contributed by atoms with Gasteiger partial charge in [-0.3, -0.25) is 9.59 Å². The number of hydrogen-bond acceptors (Lipinski definition) is 3. The first-order valence-corrected chi connectivity index (χ1v) is 10.6. The van der Waals surface area contributed by atoms with Crippen molar-refractivity contribution in [2.75, 3.05) is 12.4 Å². The fourth-order valence-electron chi connectivity index (χ4n) is 3.71. The number of thiophene rings is 1. The van der Waals surface area contributed by atoms with Gasteiger partial charge in [0.15, 0.2) is 0 Å². The molecule has 0 spiro atoms. The SMILES string of the molecule is CCc1sc(C(=O)Nc2ccc(C(=O)N(C)C3CCCCC3)cc2)cc1C. The second-order valence-corrected chi connectivity index (χ2v) is 8.45. The zero-order valence-corrected chi connectivity index (χ0v) is 17.2. The molecule has 144 valence electrons. The maximum Gasteiger partial charge on any atom is 0.265 e. The summed E-state index contributed by atoms with van der Waals surface area (Å²) >= 11 is 1.54. The van der Waals surface area contributed by atoms with Crippen molar-refractivity contribution in [1.29, 1.82) is 0 Å². The molecule has 1 fully saturated rings. The van der Waals surface area contributed by atoms with Crippen molar-refractivity contribution in [3.8, 4) is 0 Å². The lowest BCUT2D eigenvalue weighted by Crippen LogP contribution is -2.38. The number of benzene rings is 1. The van der Waals surface area contributed by atoms with Crippen LogP contribution in [0, 0.1) is 6.92 Å². The first-order chi connectivity index (χ1) is 13.0. The van der Waals surface area contributed by atoms with Gasteiger partial charge in [0.05, 0.1) is 4.88 Å². The molecule has 0 atom stereocenters. The van der Waals surface area contributed by atoms with Gasteiger partial charge in [0, 0.05) is 29.2 Å². The molecule has 2 amide bonds. The summed E-state index contributed by atoms with van der Waals surface area (Å²) in [7, 11) is 1.90. The minimum atomic E-state index is -0.0961. The Balaban J connectivity index is 1.64. The number of aryl methyl sites for hydroxylation is 2. The molecule has 4 nitrogen and oxygen atoms in total. The quantitative estimate of drug-likeness (QED) is 0.763. The van der Waals surface area contributed by atoms with Crippen LogP contribution >= 0.6 is 11.3 Å². The molecular formula is C22H28N2O2S. The number of amides is 2. The van der Waals surface area contributed by atoms with Crippen LogP contribution in [-0.4, -0.2) is 29.8 Å².